The van der Waals surface area contributed by atoms with Crippen molar-refractivity contribution in [3.63, 3.8) is 0 Å². The van der Waals surface area contributed by atoms with Crippen LogP contribution in [-0.2, 0) is 4.79 Å². The summed E-state index contributed by atoms with van der Waals surface area (Å²) in [5, 5.41) is 6.51. The van der Waals surface area contributed by atoms with Gasteiger partial charge in [-0.2, -0.15) is 0 Å². The first-order chi connectivity index (χ1) is 8.31. The topological polar surface area (TPSA) is 41.1 Å². The third-order valence-corrected chi connectivity index (χ3v) is 4.81. The van der Waals surface area contributed by atoms with Gasteiger partial charge in [0.05, 0.1) is 0 Å². The summed E-state index contributed by atoms with van der Waals surface area (Å²) >= 11 is 0. The molecule has 0 heterocycles. The van der Waals surface area contributed by atoms with Gasteiger partial charge in [-0.05, 0) is 49.9 Å². The normalized spacial score (nSPS) is 35.2. The van der Waals surface area contributed by atoms with E-state index < -0.39 is 0 Å². The number of fused-ring (bicyclic) bond motifs is 2. The molecule has 0 aromatic heterocycles. The van der Waals surface area contributed by atoms with Crippen molar-refractivity contribution in [2.45, 2.75) is 51.0 Å². The van der Waals surface area contributed by atoms with Gasteiger partial charge in [0.1, 0.15) is 0 Å². The van der Waals surface area contributed by atoms with Crippen molar-refractivity contribution in [2.75, 3.05) is 13.1 Å². The Morgan fingerprint density at radius 1 is 1.12 bits per heavy atom. The number of hydrogen-bond acceptors (Lipinski definition) is 2. The SMILES string of the molecule is O=C(CCNC1CC1)NCC1CC2CCC1C2. The first kappa shape index (κ1) is 11.5. The van der Waals surface area contributed by atoms with E-state index in [0.29, 0.717) is 12.5 Å². The second kappa shape index (κ2) is 4.97. The van der Waals surface area contributed by atoms with Crippen LogP contribution in [-0.4, -0.2) is 25.0 Å². The highest BCUT2D eigenvalue weighted by Gasteiger charge is 2.39. The molecule has 3 aliphatic rings. The van der Waals surface area contributed by atoms with Gasteiger partial charge >= 0.3 is 0 Å². The van der Waals surface area contributed by atoms with E-state index in [0.717, 1.165) is 30.8 Å². The highest BCUT2D eigenvalue weighted by atomic mass is 16.1. The number of carbonyl (C=O) groups excluding carboxylic acids is 1. The minimum absolute atomic E-state index is 0.237. The Labute approximate surface area is 104 Å². The fourth-order valence-electron chi connectivity index (χ4n) is 3.64. The lowest BCUT2D eigenvalue weighted by Gasteiger charge is -2.21. The van der Waals surface area contributed by atoms with Crippen LogP contribution in [0.5, 0.6) is 0 Å². The van der Waals surface area contributed by atoms with Gasteiger partial charge in [-0.3, -0.25) is 4.79 Å². The van der Waals surface area contributed by atoms with Gasteiger partial charge in [-0.15, -0.1) is 0 Å². The second-order valence-electron chi connectivity index (χ2n) is 6.22. The van der Waals surface area contributed by atoms with E-state index in [-0.39, 0.29) is 5.91 Å². The molecule has 96 valence electrons. The fourth-order valence-corrected chi connectivity index (χ4v) is 3.64. The standard InChI is InChI=1S/C14H24N2O/c17-14(5-6-15-13-3-4-13)16-9-12-8-10-1-2-11(12)7-10/h10-13,15H,1-9H2,(H,16,17). The highest BCUT2D eigenvalue weighted by Crippen LogP contribution is 2.47. The molecule has 3 rings (SSSR count). The van der Waals surface area contributed by atoms with Crippen LogP contribution in [0.3, 0.4) is 0 Å². The van der Waals surface area contributed by atoms with Crippen LogP contribution in [0.1, 0.15) is 44.9 Å². The van der Waals surface area contributed by atoms with Gasteiger partial charge in [0, 0.05) is 25.6 Å². The number of amides is 1. The van der Waals surface area contributed by atoms with Gasteiger partial charge < -0.3 is 10.6 Å². The smallest absolute Gasteiger partial charge is 0.221 e. The third-order valence-electron chi connectivity index (χ3n) is 4.81. The molecule has 2 N–H and O–H groups in total. The molecular formula is C14H24N2O. The van der Waals surface area contributed by atoms with E-state index in [1.54, 1.807) is 0 Å². The molecule has 0 aromatic carbocycles. The third kappa shape index (κ3) is 3.01. The van der Waals surface area contributed by atoms with Crippen LogP contribution < -0.4 is 10.6 Å². The van der Waals surface area contributed by atoms with Gasteiger partial charge in [-0.25, -0.2) is 0 Å². The maximum atomic E-state index is 11.7. The van der Waals surface area contributed by atoms with Crippen molar-refractivity contribution in [3.8, 4) is 0 Å². The van der Waals surface area contributed by atoms with Crippen LogP contribution in [0.15, 0.2) is 0 Å². The average molecular weight is 236 g/mol. The van der Waals surface area contributed by atoms with Crippen molar-refractivity contribution in [1.82, 2.24) is 10.6 Å². The lowest BCUT2D eigenvalue weighted by molar-refractivity contribution is -0.121. The van der Waals surface area contributed by atoms with Crippen molar-refractivity contribution < 1.29 is 4.79 Å². The number of nitrogens with one attached hydrogen (secondary N) is 2. The Morgan fingerprint density at radius 2 is 2.00 bits per heavy atom. The predicted molar refractivity (Wildman–Crippen MR) is 67.6 cm³/mol. The molecule has 0 aliphatic heterocycles. The summed E-state index contributed by atoms with van der Waals surface area (Å²) in [5.41, 5.74) is 0. The van der Waals surface area contributed by atoms with Gasteiger partial charge in [0.2, 0.25) is 5.91 Å². The van der Waals surface area contributed by atoms with E-state index in [1.807, 2.05) is 0 Å². The van der Waals surface area contributed by atoms with Crippen molar-refractivity contribution in [2.24, 2.45) is 17.8 Å². The van der Waals surface area contributed by atoms with Crippen LogP contribution in [0, 0.1) is 17.8 Å². The van der Waals surface area contributed by atoms with E-state index in [2.05, 4.69) is 10.6 Å². The summed E-state index contributed by atoms with van der Waals surface area (Å²) < 4.78 is 0. The van der Waals surface area contributed by atoms with Crippen molar-refractivity contribution >= 4 is 5.91 Å². The molecular weight excluding hydrogens is 212 g/mol. The average Bonchev–Trinajstić information content (AvgIpc) is 2.91. The molecule has 3 unspecified atom stereocenters. The molecule has 3 atom stereocenters. The summed E-state index contributed by atoms with van der Waals surface area (Å²) in [6.45, 7) is 1.79. The lowest BCUT2D eigenvalue weighted by Crippen LogP contribution is -2.33. The molecule has 0 radical (unpaired) electrons. The monoisotopic (exact) mass is 236 g/mol. The summed E-state index contributed by atoms with van der Waals surface area (Å²) in [5.74, 6) is 2.93. The molecule has 17 heavy (non-hydrogen) atoms. The maximum Gasteiger partial charge on any atom is 0.221 e. The molecule has 3 nitrogen and oxygen atoms in total. The molecule has 3 saturated carbocycles. The van der Waals surface area contributed by atoms with Gasteiger partial charge in [-0.1, -0.05) is 6.42 Å². The maximum absolute atomic E-state index is 11.7. The zero-order chi connectivity index (χ0) is 11.7. The zero-order valence-corrected chi connectivity index (χ0v) is 10.6. The fraction of sp³-hybridized carbons (Fsp3) is 0.929. The number of hydrogen-bond donors (Lipinski definition) is 2. The number of carbonyl (C=O) groups is 1. The Kier molecular flexibility index (Phi) is 3.37. The molecule has 2 bridgehead atoms. The van der Waals surface area contributed by atoms with Crippen LogP contribution >= 0.6 is 0 Å². The van der Waals surface area contributed by atoms with E-state index in [1.165, 1.54) is 38.5 Å². The molecule has 3 fully saturated rings. The van der Waals surface area contributed by atoms with Crippen molar-refractivity contribution in [3.05, 3.63) is 0 Å². The predicted octanol–water partition coefficient (Wildman–Crippen LogP) is 1.68. The van der Waals surface area contributed by atoms with Crippen LogP contribution in [0.2, 0.25) is 0 Å². The molecule has 0 aromatic rings. The quantitative estimate of drug-likeness (QED) is 0.736. The minimum atomic E-state index is 0.237. The van der Waals surface area contributed by atoms with Crippen LogP contribution in [0.25, 0.3) is 0 Å². The number of rotatable bonds is 6. The van der Waals surface area contributed by atoms with Gasteiger partial charge in [0.25, 0.3) is 0 Å². The molecule has 0 spiro atoms. The second-order valence-corrected chi connectivity index (χ2v) is 6.22. The van der Waals surface area contributed by atoms with E-state index >= 15 is 0 Å². The first-order valence-electron chi connectivity index (χ1n) is 7.31. The summed E-state index contributed by atoms with van der Waals surface area (Å²) in [6.07, 6.45) is 8.90. The summed E-state index contributed by atoms with van der Waals surface area (Å²) in [6, 6.07) is 0.716. The Morgan fingerprint density at radius 3 is 2.65 bits per heavy atom. The summed E-state index contributed by atoms with van der Waals surface area (Å²) in [7, 11) is 0. The highest BCUT2D eigenvalue weighted by molar-refractivity contribution is 5.76. The van der Waals surface area contributed by atoms with E-state index in [4.69, 9.17) is 0 Å². The molecule has 1 amide bonds. The lowest BCUT2D eigenvalue weighted by atomic mass is 9.89. The Bertz CT molecular complexity index is 288. The molecule has 3 aliphatic carbocycles. The zero-order valence-electron chi connectivity index (χ0n) is 10.6. The largest absolute Gasteiger partial charge is 0.356 e. The van der Waals surface area contributed by atoms with Crippen molar-refractivity contribution in [1.29, 1.82) is 0 Å². The van der Waals surface area contributed by atoms with E-state index in [9.17, 15) is 4.79 Å². The summed E-state index contributed by atoms with van der Waals surface area (Å²) in [4.78, 5) is 11.7. The molecule has 3 heteroatoms. The molecule has 0 saturated heterocycles. The van der Waals surface area contributed by atoms with Gasteiger partial charge in [0.15, 0.2) is 0 Å². The Balaban J connectivity index is 1.29. The first-order valence-corrected chi connectivity index (χ1v) is 7.31. The Hall–Kier alpha value is -0.570. The van der Waals surface area contributed by atoms with Crippen LogP contribution in [0.4, 0.5) is 0 Å². The minimum Gasteiger partial charge on any atom is -0.356 e.